The van der Waals surface area contributed by atoms with Crippen LogP contribution in [0.1, 0.15) is 11.3 Å². The van der Waals surface area contributed by atoms with Crippen LogP contribution in [0, 0.1) is 5.82 Å². The van der Waals surface area contributed by atoms with Crippen molar-refractivity contribution in [2.45, 2.75) is 19.4 Å². The van der Waals surface area contributed by atoms with Crippen molar-refractivity contribution in [1.82, 2.24) is 9.47 Å². The molecule has 0 fully saturated rings. The summed E-state index contributed by atoms with van der Waals surface area (Å²) in [4.78, 5) is 12.6. The Bertz CT molecular complexity index is 753. The fourth-order valence-corrected chi connectivity index (χ4v) is 3.50. The van der Waals surface area contributed by atoms with Crippen LogP contribution in [-0.4, -0.2) is 40.4 Å². The van der Waals surface area contributed by atoms with Crippen molar-refractivity contribution in [2.75, 3.05) is 19.7 Å². The first-order chi connectivity index (χ1) is 10.2. The molecule has 1 amide bonds. The summed E-state index contributed by atoms with van der Waals surface area (Å²) in [5.74, 6) is 0.471. The topological polar surface area (TPSA) is 54.7 Å². The molecule has 21 heavy (non-hydrogen) atoms. The molecular formula is C15H15FN2O3. The molecular weight excluding hydrogens is 275 g/mol. The third kappa shape index (κ3) is 1.71. The zero-order valence-electron chi connectivity index (χ0n) is 11.4. The first-order valence-electron chi connectivity index (χ1n) is 7.10. The summed E-state index contributed by atoms with van der Waals surface area (Å²) < 4.78 is 22.1. The van der Waals surface area contributed by atoms with Gasteiger partial charge in [-0.25, -0.2) is 9.18 Å². The molecule has 5 nitrogen and oxygen atoms in total. The molecule has 0 saturated heterocycles. The van der Waals surface area contributed by atoms with Crippen molar-refractivity contribution in [3.63, 3.8) is 0 Å². The number of carbonyl (C=O) groups is 1. The lowest BCUT2D eigenvalue weighted by Crippen LogP contribution is -2.32. The molecule has 1 aromatic carbocycles. The van der Waals surface area contributed by atoms with Crippen molar-refractivity contribution >= 4 is 17.0 Å². The highest BCUT2D eigenvalue weighted by Gasteiger charge is 2.28. The third-order valence-electron chi connectivity index (χ3n) is 4.43. The lowest BCUT2D eigenvalue weighted by Gasteiger charge is -2.20. The molecule has 1 N–H and O–H groups in total. The van der Waals surface area contributed by atoms with Gasteiger partial charge in [0, 0.05) is 30.6 Å². The van der Waals surface area contributed by atoms with Crippen LogP contribution >= 0.6 is 0 Å². The Morgan fingerprint density at radius 2 is 2.05 bits per heavy atom. The molecule has 2 aliphatic rings. The zero-order valence-corrected chi connectivity index (χ0v) is 11.4. The van der Waals surface area contributed by atoms with Gasteiger partial charge < -0.3 is 19.3 Å². The van der Waals surface area contributed by atoms with Gasteiger partial charge in [-0.2, -0.15) is 0 Å². The van der Waals surface area contributed by atoms with Gasteiger partial charge in [0.2, 0.25) is 0 Å². The molecule has 4 rings (SSSR count). The molecule has 110 valence electrons. The van der Waals surface area contributed by atoms with Crippen LogP contribution in [0.25, 0.3) is 10.9 Å². The van der Waals surface area contributed by atoms with Gasteiger partial charge in [-0.15, -0.1) is 0 Å². The summed E-state index contributed by atoms with van der Waals surface area (Å²) in [5, 5.41) is 9.76. The fraction of sp³-hybridized carbons (Fsp3) is 0.400. The molecule has 2 aromatic rings. The molecule has 0 atom stereocenters. The Labute approximate surface area is 120 Å². The fourth-order valence-electron chi connectivity index (χ4n) is 3.50. The average molecular weight is 290 g/mol. The zero-order chi connectivity index (χ0) is 14.6. The molecule has 0 unspecified atom stereocenters. The van der Waals surface area contributed by atoms with E-state index in [-0.39, 0.29) is 5.82 Å². The summed E-state index contributed by atoms with van der Waals surface area (Å²) in [5.41, 5.74) is 2.83. The van der Waals surface area contributed by atoms with Gasteiger partial charge >= 0.3 is 6.09 Å². The summed E-state index contributed by atoms with van der Waals surface area (Å²) in [6.07, 6.45) is 0.258. The van der Waals surface area contributed by atoms with E-state index < -0.39 is 6.09 Å². The smallest absolute Gasteiger partial charge is 0.407 e. The van der Waals surface area contributed by atoms with Gasteiger partial charge in [-0.05, 0) is 24.1 Å². The summed E-state index contributed by atoms with van der Waals surface area (Å²) in [6, 6.07) is 3.11. The van der Waals surface area contributed by atoms with Crippen LogP contribution in [0.15, 0.2) is 12.1 Å². The van der Waals surface area contributed by atoms with Crippen LogP contribution in [0.4, 0.5) is 9.18 Å². The standard InChI is InChI=1S/C15H15FN2O3/c16-10-1-2-12-14-13(10)9-3-5-17(15(19)20)6-4-11(9)18(14)7-8-21-12/h1-2H,3-8H2,(H,19,20). The van der Waals surface area contributed by atoms with E-state index in [1.165, 1.54) is 11.0 Å². The summed E-state index contributed by atoms with van der Waals surface area (Å²) >= 11 is 0. The number of fused-ring (bicyclic) bond motifs is 3. The van der Waals surface area contributed by atoms with Gasteiger partial charge in [0.1, 0.15) is 18.2 Å². The molecule has 1 aromatic heterocycles. The maximum absolute atomic E-state index is 14.3. The molecule has 3 heterocycles. The highest BCUT2D eigenvalue weighted by molar-refractivity contribution is 5.91. The van der Waals surface area contributed by atoms with Crippen molar-refractivity contribution in [1.29, 1.82) is 0 Å². The lowest BCUT2D eigenvalue weighted by atomic mass is 10.1. The number of ether oxygens (including phenoxy) is 1. The largest absolute Gasteiger partial charge is 0.490 e. The van der Waals surface area contributed by atoms with Gasteiger partial charge in [0.05, 0.1) is 12.1 Å². The Hall–Kier alpha value is -2.24. The van der Waals surface area contributed by atoms with Crippen molar-refractivity contribution in [3.05, 3.63) is 29.2 Å². The maximum atomic E-state index is 14.3. The Morgan fingerprint density at radius 3 is 2.86 bits per heavy atom. The minimum atomic E-state index is -0.910. The molecule has 6 heteroatoms. The number of halogens is 1. The normalized spacial score (nSPS) is 17.3. The monoisotopic (exact) mass is 290 g/mol. The Balaban J connectivity index is 1.93. The Kier molecular flexibility index (Phi) is 2.60. The number of aromatic nitrogens is 1. The molecule has 2 aliphatic heterocycles. The predicted molar refractivity (Wildman–Crippen MR) is 74.4 cm³/mol. The van der Waals surface area contributed by atoms with E-state index in [1.54, 1.807) is 6.07 Å². The number of amides is 1. The van der Waals surface area contributed by atoms with Crippen molar-refractivity contribution in [3.8, 4) is 5.75 Å². The number of carboxylic acid groups (broad SMARTS) is 1. The van der Waals surface area contributed by atoms with Crippen molar-refractivity contribution < 1.29 is 19.0 Å². The average Bonchev–Trinajstić information content (AvgIpc) is 2.65. The minimum absolute atomic E-state index is 0.252. The summed E-state index contributed by atoms with van der Waals surface area (Å²) in [7, 11) is 0. The predicted octanol–water partition coefficient (Wildman–Crippen LogP) is 2.25. The van der Waals surface area contributed by atoms with E-state index in [9.17, 15) is 9.18 Å². The quantitative estimate of drug-likeness (QED) is 0.809. The van der Waals surface area contributed by atoms with Gasteiger partial charge in [0.15, 0.2) is 0 Å². The molecule has 0 radical (unpaired) electrons. The molecule has 0 bridgehead atoms. The second kappa shape index (κ2) is 4.38. The SMILES string of the molecule is O=C(O)N1CCc2c(n3c4c(ccc(F)c24)OCC3)CC1. The number of benzene rings is 1. The van der Waals surface area contributed by atoms with E-state index in [4.69, 9.17) is 9.84 Å². The van der Waals surface area contributed by atoms with Crippen LogP contribution in [-0.2, 0) is 19.4 Å². The van der Waals surface area contributed by atoms with Crippen LogP contribution in [0.2, 0.25) is 0 Å². The van der Waals surface area contributed by atoms with Crippen molar-refractivity contribution in [2.24, 2.45) is 0 Å². The molecule has 0 spiro atoms. The van der Waals surface area contributed by atoms with Gasteiger partial charge in [-0.3, -0.25) is 0 Å². The van der Waals surface area contributed by atoms with E-state index in [1.807, 2.05) is 0 Å². The molecule has 0 saturated carbocycles. The maximum Gasteiger partial charge on any atom is 0.407 e. The van der Waals surface area contributed by atoms with E-state index in [0.29, 0.717) is 44.5 Å². The first kappa shape index (κ1) is 12.5. The third-order valence-corrected chi connectivity index (χ3v) is 4.43. The van der Waals surface area contributed by atoms with E-state index in [0.717, 1.165) is 22.5 Å². The number of hydrogen-bond donors (Lipinski definition) is 1. The Morgan fingerprint density at radius 1 is 1.24 bits per heavy atom. The van der Waals surface area contributed by atoms with Crippen LogP contribution < -0.4 is 4.74 Å². The second-order valence-corrected chi connectivity index (χ2v) is 5.46. The van der Waals surface area contributed by atoms with E-state index in [2.05, 4.69) is 4.57 Å². The number of hydrogen-bond acceptors (Lipinski definition) is 2. The van der Waals surface area contributed by atoms with Crippen LogP contribution in [0.5, 0.6) is 5.75 Å². The lowest BCUT2D eigenvalue weighted by molar-refractivity contribution is 0.147. The van der Waals surface area contributed by atoms with E-state index >= 15 is 0 Å². The van der Waals surface area contributed by atoms with Crippen LogP contribution in [0.3, 0.4) is 0 Å². The summed E-state index contributed by atoms with van der Waals surface area (Å²) in [6.45, 7) is 2.12. The number of rotatable bonds is 0. The second-order valence-electron chi connectivity index (χ2n) is 5.46. The van der Waals surface area contributed by atoms with Gasteiger partial charge in [-0.1, -0.05) is 0 Å². The highest BCUT2D eigenvalue weighted by Crippen LogP contribution is 2.38. The minimum Gasteiger partial charge on any atom is -0.490 e. The first-order valence-corrected chi connectivity index (χ1v) is 7.10. The highest BCUT2D eigenvalue weighted by atomic mass is 19.1. The number of nitrogens with zero attached hydrogens (tertiary/aromatic N) is 2. The molecule has 0 aliphatic carbocycles. The van der Waals surface area contributed by atoms with Gasteiger partial charge in [0.25, 0.3) is 0 Å².